The van der Waals surface area contributed by atoms with Crippen molar-refractivity contribution in [1.29, 1.82) is 0 Å². The molecule has 2 saturated heterocycles. The van der Waals surface area contributed by atoms with Crippen LogP contribution >= 0.6 is 0 Å². The van der Waals surface area contributed by atoms with Gasteiger partial charge in [-0.25, -0.2) is 4.79 Å². The van der Waals surface area contributed by atoms with Gasteiger partial charge in [0.15, 0.2) is 6.10 Å². The molecule has 5 aromatic carbocycles. The fraction of sp³-hybridized carbons (Fsp3) is 0.656. The fourth-order valence-electron chi connectivity index (χ4n) is 10.2. The van der Waals surface area contributed by atoms with Crippen LogP contribution in [0.5, 0.6) is 11.5 Å². The average molecular weight is 1530 g/mol. The predicted molar refractivity (Wildman–Crippen MR) is 445 cm³/mol. The molecule has 2 fully saturated rings. The molecule has 0 amide bonds. The second-order valence-corrected chi connectivity index (χ2v) is 38.5. The van der Waals surface area contributed by atoms with E-state index in [4.69, 9.17) is 33.9 Å². The SMILES string of the molecule is CC(C)(C)Cc1cc(CO)ccc1OC1OC(C(=O)O)C(O)C(O)C1O.CC(C)(C)Cc1cc(CO)ccc1OC1OC(CO)C(O)C(O)C1O.CC(C)(C)Cc1ccc(COC(C)(C)C)cc1.CC(C)(C)Cc1ccc(NC(C)(C)C)cc1.CC(C)(C)Nc1ccc(CO)cc1.CC(C)C.CC(C)C.CC(C)C. The van der Waals surface area contributed by atoms with Crippen molar-refractivity contribution >= 4 is 17.3 Å². The van der Waals surface area contributed by atoms with Gasteiger partial charge >= 0.3 is 5.97 Å². The Morgan fingerprint density at radius 1 is 0.385 bits per heavy atom. The Morgan fingerprint density at radius 3 is 0.972 bits per heavy atom. The number of carboxylic acids is 1. The molecule has 109 heavy (non-hydrogen) atoms. The number of ether oxygens (including phenoxy) is 5. The lowest BCUT2D eigenvalue weighted by Gasteiger charge is -2.39. The van der Waals surface area contributed by atoms with Crippen molar-refractivity contribution < 1.29 is 84.7 Å². The molecule has 624 valence electrons. The number of aliphatic hydroxyl groups is 10. The third-order valence-corrected chi connectivity index (χ3v) is 14.5. The molecule has 0 spiro atoms. The Kier molecular flexibility index (Phi) is 45.2. The van der Waals surface area contributed by atoms with Crippen LogP contribution in [-0.4, -0.2) is 147 Å². The van der Waals surface area contributed by atoms with Crippen molar-refractivity contribution in [1.82, 2.24) is 0 Å². The van der Waals surface area contributed by atoms with E-state index in [1.54, 1.807) is 30.3 Å². The summed E-state index contributed by atoms with van der Waals surface area (Å²) in [5.41, 5.74) is 11.0. The summed E-state index contributed by atoms with van der Waals surface area (Å²) in [6.45, 7) is 64.6. The number of hydrogen-bond donors (Lipinski definition) is 13. The van der Waals surface area contributed by atoms with Crippen molar-refractivity contribution in [2.45, 2.75) is 338 Å². The van der Waals surface area contributed by atoms with Crippen LogP contribution < -0.4 is 20.1 Å². The zero-order valence-corrected chi connectivity index (χ0v) is 72.6. The van der Waals surface area contributed by atoms with Gasteiger partial charge in [-0.3, -0.25) is 0 Å². The molecule has 19 nitrogen and oxygen atoms in total. The molecule has 2 aliphatic rings. The van der Waals surface area contributed by atoms with Crippen LogP contribution in [-0.2, 0) is 71.1 Å². The van der Waals surface area contributed by atoms with Crippen LogP contribution in [0.1, 0.15) is 252 Å². The maximum atomic E-state index is 11.2. The van der Waals surface area contributed by atoms with Gasteiger partial charge in [0.1, 0.15) is 54.2 Å². The fourth-order valence-corrected chi connectivity index (χ4v) is 10.2. The highest BCUT2D eigenvalue weighted by molar-refractivity contribution is 5.73. The molecule has 0 saturated carbocycles. The highest BCUT2D eigenvalue weighted by atomic mass is 16.7. The number of carbonyl (C=O) groups is 1. The quantitative estimate of drug-likeness (QED) is 0.0411. The van der Waals surface area contributed by atoms with Gasteiger partial charge in [-0.2, -0.15) is 0 Å². The van der Waals surface area contributed by atoms with E-state index >= 15 is 0 Å². The van der Waals surface area contributed by atoms with Gasteiger partial charge in [0.2, 0.25) is 12.6 Å². The van der Waals surface area contributed by atoms with Crippen LogP contribution in [0.4, 0.5) is 11.4 Å². The molecule has 2 heterocycles. The number of rotatable bonds is 17. The molecule has 19 heteroatoms. The molecule has 2 aliphatic heterocycles. The summed E-state index contributed by atoms with van der Waals surface area (Å²) >= 11 is 0. The maximum absolute atomic E-state index is 11.2. The number of anilines is 2. The van der Waals surface area contributed by atoms with Crippen molar-refractivity contribution in [3.05, 3.63) is 154 Å². The van der Waals surface area contributed by atoms with E-state index in [9.17, 15) is 50.8 Å². The minimum atomic E-state index is -1.77. The lowest BCUT2D eigenvalue weighted by molar-refractivity contribution is -0.277. The number of aliphatic hydroxyl groups excluding tert-OH is 10. The number of hydrogen-bond acceptors (Lipinski definition) is 18. The lowest BCUT2D eigenvalue weighted by atomic mass is 9.87. The largest absolute Gasteiger partial charge is 0.479 e. The summed E-state index contributed by atoms with van der Waals surface area (Å²) in [6.07, 6.45) is -11.4. The number of nitrogens with one attached hydrogen (secondary N) is 2. The van der Waals surface area contributed by atoms with Crippen LogP contribution in [0.25, 0.3) is 0 Å². The van der Waals surface area contributed by atoms with E-state index in [-0.39, 0.29) is 47.3 Å². The topological polar surface area (TPSA) is 310 Å². The Balaban J connectivity index is 0.00000131. The van der Waals surface area contributed by atoms with Crippen molar-refractivity contribution in [2.24, 2.45) is 39.4 Å². The maximum Gasteiger partial charge on any atom is 0.335 e. The predicted octanol–water partition coefficient (Wildman–Crippen LogP) is 16.4. The minimum absolute atomic E-state index is 0.0401. The summed E-state index contributed by atoms with van der Waals surface area (Å²) < 4.78 is 27.7. The zero-order valence-electron chi connectivity index (χ0n) is 72.6. The number of carboxylic acid groups (broad SMARTS) is 1. The Hall–Kier alpha value is -5.75. The van der Waals surface area contributed by atoms with Gasteiger partial charge in [-0.05, 0) is 220 Å². The first-order valence-corrected chi connectivity index (χ1v) is 38.8. The van der Waals surface area contributed by atoms with E-state index in [1.165, 1.54) is 22.4 Å². The van der Waals surface area contributed by atoms with Crippen LogP contribution in [0, 0.1) is 39.4 Å². The second-order valence-electron chi connectivity index (χ2n) is 38.5. The molecule has 13 N–H and O–H groups in total. The number of benzene rings is 5. The summed E-state index contributed by atoms with van der Waals surface area (Å²) in [7, 11) is 0. The van der Waals surface area contributed by atoms with Gasteiger partial charge in [0.25, 0.3) is 0 Å². The molecule has 0 aliphatic carbocycles. The highest BCUT2D eigenvalue weighted by Crippen LogP contribution is 2.35. The molecule has 0 bridgehead atoms. The van der Waals surface area contributed by atoms with Crippen LogP contribution in [0.3, 0.4) is 0 Å². The van der Waals surface area contributed by atoms with Gasteiger partial charge in [0, 0.05) is 22.5 Å². The Labute approximate surface area is 658 Å². The van der Waals surface area contributed by atoms with Gasteiger partial charge in [-0.1, -0.05) is 206 Å². The van der Waals surface area contributed by atoms with E-state index in [0.29, 0.717) is 47.3 Å². The van der Waals surface area contributed by atoms with Crippen LogP contribution in [0.2, 0.25) is 0 Å². The standard InChI is InChI=1S/C18H26O8.C18H28O7.C16H26O.C15H25N.C11H17NO.3C4H10/c1-18(2,3)7-10-6-9(8-19)4-5-11(10)25-17-14(22)12(20)13(21)15(26-17)16(23)24;1-18(2,3)7-11-6-10(8-19)4-5-12(11)24-17-16(23)15(22)14(21)13(9-20)25-17;1-15(2,3)11-13-7-9-14(10-8-13)12-17-16(4,5)6;1-14(2,3)11-12-7-9-13(10-8-12)16-15(4,5)6;1-11(2,3)12-10-6-4-9(8-13)5-7-10;3*1-4(2)3/h4-6,12-15,17,19-22H,7-8H2,1-3H3,(H,23,24);4-6,13-17,19-23H,7-9H2,1-3H3;7-10H,11-12H2,1-6H3;7-10,16H,11H2,1-6H3;4-7,12-13H,8H2,1-3H3;3*4H,1-3H3. The van der Waals surface area contributed by atoms with Crippen molar-refractivity contribution in [3.63, 3.8) is 0 Å². The van der Waals surface area contributed by atoms with Crippen LogP contribution in [0.15, 0.2) is 109 Å². The molecule has 5 aromatic rings. The third kappa shape index (κ3) is 48.0. The van der Waals surface area contributed by atoms with Gasteiger partial charge < -0.3 is 90.5 Å². The first-order valence-electron chi connectivity index (χ1n) is 38.8. The summed E-state index contributed by atoms with van der Waals surface area (Å²) in [4.78, 5) is 11.2. The summed E-state index contributed by atoms with van der Waals surface area (Å²) in [5.74, 6) is 1.83. The van der Waals surface area contributed by atoms with E-state index in [2.05, 4.69) is 246 Å². The Morgan fingerprint density at radius 2 is 0.679 bits per heavy atom. The van der Waals surface area contributed by atoms with Crippen molar-refractivity contribution in [2.75, 3.05) is 17.2 Å². The van der Waals surface area contributed by atoms with E-state index in [1.807, 2.05) is 51.1 Å². The van der Waals surface area contributed by atoms with Gasteiger partial charge in [-0.15, -0.1) is 0 Å². The number of aliphatic carboxylic acids is 1. The van der Waals surface area contributed by atoms with Crippen molar-refractivity contribution in [3.8, 4) is 11.5 Å². The monoisotopic (exact) mass is 1530 g/mol. The zero-order chi connectivity index (χ0) is 84.6. The molecule has 0 aromatic heterocycles. The van der Waals surface area contributed by atoms with Gasteiger partial charge in [0.05, 0.1) is 38.6 Å². The van der Waals surface area contributed by atoms with E-state index in [0.717, 1.165) is 58.5 Å². The molecular formula is C90H152N2O17. The summed E-state index contributed by atoms with van der Waals surface area (Å²) in [6, 6.07) is 35.6. The average Bonchev–Trinajstić information content (AvgIpc) is 0.803. The van der Waals surface area contributed by atoms with E-state index < -0.39 is 74.0 Å². The minimum Gasteiger partial charge on any atom is -0.479 e. The Bertz CT molecular complexity index is 3190. The molecule has 10 unspecified atom stereocenters. The molecule has 0 radical (unpaired) electrons. The second kappa shape index (κ2) is 47.7. The third-order valence-electron chi connectivity index (χ3n) is 14.5. The normalized spacial score (nSPS) is 20.2. The first-order chi connectivity index (χ1) is 49.7. The lowest BCUT2D eigenvalue weighted by Crippen LogP contribution is -2.61. The smallest absolute Gasteiger partial charge is 0.335 e. The summed E-state index contributed by atoms with van der Waals surface area (Å²) in [5, 5.41) is 112. The first kappa shape index (κ1) is 103. The molecular weight excluding hydrogens is 1380 g/mol. The molecule has 7 rings (SSSR count). The molecule has 10 atom stereocenters. The highest BCUT2D eigenvalue weighted by Gasteiger charge is 2.49.